The molecule has 0 aliphatic heterocycles. The molecule has 18 heavy (non-hydrogen) atoms. The third-order valence-corrected chi connectivity index (χ3v) is 3.50. The zero-order valence-electron chi connectivity index (χ0n) is 10.7. The van der Waals surface area contributed by atoms with E-state index >= 15 is 0 Å². The molecule has 0 heterocycles. The van der Waals surface area contributed by atoms with Gasteiger partial charge in [0.2, 0.25) is 5.91 Å². The SMILES string of the molecule is CC1(CNC(=O)CNc2ccccc2)CCC1.Cl. The molecule has 4 heteroatoms. The fourth-order valence-corrected chi connectivity index (χ4v) is 2.07. The van der Waals surface area contributed by atoms with E-state index in [1.165, 1.54) is 19.3 Å². The molecule has 0 saturated heterocycles. The molecule has 0 aromatic heterocycles. The van der Waals surface area contributed by atoms with Crippen LogP contribution >= 0.6 is 12.4 Å². The summed E-state index contributed by atoms with van der Waals surface area (Å²) >= 11 is 0. The predicted octanol–water partition coefficient (Wildman–Crippen LogP) is 2.83. The van der Waals surface area contributed by atoms with Gasteiger partial charge in [-0.1, -0.05) is 31.5 Å². The number of amides is 1. The van der Waals surface area contributed by atoms with Gasteiger partial charge in [0.05, 0.1) is 6.54 Å². The number of carbonyl (C=O) groups excluding carboxylic acids is 1. The van der Waals surface area contributed by atoms with E-state index in [0.717, 1.165) is 12.2 Å². The summed E-state index contributed by atoms with van der Waals surface area (Å²) < 4.78 is 0. The number of hydrogen-bond acceptors (Lipinski definition) is 2. The number of hydrogen-bond donors (Lipinski definition) is 2. The van der Waals surface area contributed by atoms with Crippen molar-refractivity contribution in [3.8, 4) is 0 Å². The van der Waals surface area contributed by atoms with Crippen LogP contribution in [0.15, 0.2) is 30.3 Å². The number of anilines is 1. The average Bonchev–Trinajstić information content (AvgIpc) is 2.33. The van der Waals surface area contributed by atoms with Crippen LogP contribution in [0.4, 0.5) is 5.69 Å². The molecule has 0 bridgehead atoms. The van der Waals surface area contributed by atoms with Crippen molar-refractivity contribution in [3.63, 3.8) is 0 Å². The maximum absolute atomic E-state index is 11.6. The van der Waals surface area contributed by atoms with E-state index in [9.17, 15) is 4.79 Å². The second kappa shape index (κ2) is 6.64. The summed E-state index contributed by atoms with van der Waals surface area (Å²) in [6, 6.07) is 9.79. The highest BCUT2D eigenvalue weighted by Gasteiger charge is 2.31. The van der Waals surface area contributed by atoms with Crippen molar-refractivity contribution >= 4 is 24.0 Å². The Kier molecular flexibility index (Phi) is 5.48. The molecule has 0 atom stereocenters. The number of rotatable bonds is 5. The van der Waals surface area contributed by atoms with E-state index in [-0.39, 0.29) is 18.3 Å². The van der Waals surface area contributed by atoms with E-state index < -0.39 is 0 Å². The predicted molar refractivity (Wildman–Crippen MR) is 77.1 cm³/mol. The first kappa shape index (κ1) is 14.8. The van der Waals surface area contributed by atoms with E-state index in [4.69, 9.17) is 0 Å². The number of benzene rings is 1. The first-order chi connectivity index (χ1) is 8.18. The molecule has 0 spiro atoms. The third-order valence-electron chi connectivity index (χ3n) is 3.50. The summed E-state index contributed by atoms with van der Waals surface area (Å²) in [6.07, 6.45) is 3.77. The molecule has 1 aromatic rings. The average molecular weight is 269 g/mol. The molecular weight excluding hydrogens is 248 g/mol. The van der Waals surface area contributed by atoms with Crippen molar-refractivity contribution < 1.29 is 4.79 Å². The molecular formula is C14H21ClN2O. The van der Waals surface area contributed by atoms with Gasteiger partial charge in [-0.15, -0.1) is 12.4 Å². The van der Waals surface area contributed by atoms with Crippen molar-refractivity contribution in [1.82, 2.24) is 5.32 Å². The molecule has 1 aromatic carbocycles. The van der Waals surface area contributed by atoms with Crippen LogP contribution in [0.5, 0.6) is 0 Å². The normalized spacial score (nSPS) is 16.1. The maximum Gasteiger partial charge on any atom is 0.239 e. The molecule has 0 radical (unpaired) electrons. The minimum Gasteiger partial charge on any atom is -0.376 e. The number of nitrogens with one attached hydrogen (secondary N) is 2. The first-order valence-electron chi connectivity index (χ1n) is 6.24. The Bertz CT molecular complexity index is 377. The highest BCUT2D eigenvalue weighted by atomic mass is 35.5. The van der Waals surface area contributed by atoms with Crippen molar-refractivity contribution in [1.29, 1.82) is 0 Å². The van der Waals surface area contributed by atoms with Gasteiger partial charge in [0.25, 0.3) is 0 Å². The second-order valence-electron chi connectivity index (χ2n) is 5.16. The van der Waals surface area contributed by atoms with Crippen LogP contribution in [0.2, 0.25) is 0 Å². The van der Waals surface area contributed by atoms with Crippen LogP contribution in [0.1, 0.15) is 26.2 Å². The Morgan fingerprint density at radius 1 is 1.28 bits per heavy atom. The third kappa shape index (κ3) is 4.22. The molecule has 100 valence electrons. The van der Waals surface area contributed by atoms with Crippen LogP contribution < -0.4 is 10.6 Å². The summed E-state index contributed by atoms with van der Waals surface area (Å²) in [7, 11) is 0. The molecule has 1 aliphatic rings. The lowest BCUT2D eigenvalue weighted by Crippen LogP contribution is -2.41. The van der Waals surface area contributed by atoms with Crippen LogP contribution in [0.3, 0.4) is 0 Å². The van der Waals surface area contributed by atoms with Gasteiger partial charge in [-0.3, -0.25) is 4.79 Å². The summed E-state index contributed by atoms with van der Waals surface area (Å²) in [5.74, 6) is 0.0713. The van der Waals surface area contributed by atoms with E-state index in [2.05, 4.69) is 17.6 Å². The van der Waals surface area contributed by atoms with Crippen LogP contribution in [-0.4, -0.2) is 19.0 Å². The molecule has 2 N–H and O–H groups in total. The monoisotopic (exact) mass is 268 g/mol. The summed E-state index contributed by atoms with van der Waals surface area (Å²) in [4.78, 5) is 11.6. The lowest BCUT2D eigenvalue weighted by Gasteiger charge is -2.38. The lowest BCUT2D eigenvalue weighted by molar-refractivity contribution is -0.120. The molecule has 1 aliphatic carbocycles. The summed E-state index contributed by atoms with van der Waals surface area (Å²) in [5, 5.41) is 6.10. The van der Waals surface area contributed by atoms with Gasteiger partial charge < -0.3 is 10.6 Å². The standard InChI is InChI=1S/C14H20N2O.ClH/c1-14(8-5-9-14)11-16-13(17)10-15-12-6-3-2-4-7-12;/h2-4,6-7,15H,5,8-11H2,1H3,(H,16,17);1H. The van der Waals surface area contributed by atoms with Crippen molar-refractivity contribution in [2.24, 2.45) is 5.41 Å². The first-order valence-corrected chi connectivity index (χ1v) is 6.24. The van der Waals surface area contributed by atoms with E-state index in [0.29, 0.717) is 12.0 Å². The fourth-order valence-electron chi connectivity index (χ4n) is 2.07. The van der Waals surface area contributed by atoms with Gasteiger partial charge >= 0.3 is 0 Å². The molecule has 2 rings (SSSR count). The van der Waals surface area contributed by atoms with Crippen LogP contribution in [0, 0.1) is 5.41 Å². The number of para-hydroxylation sites is 1. The highest BCUT2D eigenvalue weighted by molar-refractivity contribution is 5.85. The summed E-state index contributed by atoms with van der Waals surface area (Å²) in [6.45, 7) is 3.39. The molecule has 1 amide bonds. The molecule has 1 saturated carbocycles. The molecule has 3 nitrogen and oxygen atoms in total. The Balaban J connectivity index is 0.00000162. The van der Waals surface area contributed by atoms with Gasteiger partial charge in [-0.05, 0) is 30.4 Å². The zero-order chi connectivity index (χ0) is 12.1. The zero-order valence-corrected chi connectivity index (χ0v) is 11.6. The van der Waals surface area contributed by atoms with E-state index in [1.54, 1.807) is 0 Å². The minimum atomic E-state index is 0. The fraction of sp³-hybridized carbons (Fsp3) is 0.500. The molecule has 0 unspecified atom stereocenters. The Morgan fingerprint density at radius 2 is 1.94 bits per heavy atom. The maximum atomic E-state index is 11.6. The Labute approximate surface area is 115 Å². The van der Waals surface area contributed by atoms with Gasteiger partial charge in [-0.2, -0.15) is 0 Å². The van der Waals surface area contributed by atoms with Gasteiger partial charge in [0.15, 0.2) is 0 Å². The highest BCUT2D eigenvalue weighted by Crippen LogP contribution is 2.39. The minimum absolute atomic E-state index is 0. The smallest absolute Gasteiger partial charge is 0.239 e. The van der Waals surface area contributed by atoms with Crippen LogP contribution in [0.25, 0.3) is 0 Å². The molecule has 1 fully saturated rings. The number of halogens is 1. The van der Waals surface area contributed by atoms with Gasteiger partial charge in [-0.25, -0.2) is 0 Å². The lowest BCUT2D eigenvalue weighted by atomic mass is 9.70. The largest absolute Gasteiger partial charge is 0.376 e. The van der Waals surface area contributed by atoms with E-state index in [1.807, 2.05) is 30.3 Å². The second-order valence-corrected chi connectivity index (χ2v) is 5.16. The topological polar surface area (TPSA) is 41.1 Å². The van der Waals surface area contributed by atoms with Gasteiger partial charge in [0.1, 0.15) is 0 Å². The summed E-state index contributed by atoms with van der Waals surface area (Å²) in [5.41, 5.74) is 1.33. The quantitative estimate of drug-likeness (QED) is 0.862. The van der Waals surface area contributed by atoms with Crippen LogP contribution in [-0.2, 0) is 4.79 Å². The van der Waals surface area contributed by atoms with Crippen molar-refractivity contribution in [2.45, 2.75) is 26.2 Å². The van der Waals surface area contributed by atoms with Crippen molar-refractivity contribution in [2.75, 3.05) is 18.4 Å². The Morgan fingerprint density at radius 3 is 2.50 bits per heavy atom. The van der Waals surface area contributed by atoms with Gasteiger partial charge in [0, 0.05) is 12.2 Å². The number of carbonyl (C=O) groups is 1. The Hall–Kier alpha value is -1.22. The van der Waals surface area contributed by atoms with Crippen molar-refractivity contribution in [3.05, 3.63) is 30.3 Å².